The fourth-order valence-electron chi connectivity index (χ4n) is 2.13. The van der Waals surface area contributed by atoms with Crippen LogP contribution in [0.5, 0.6) is 0 Å². The van der Waals surface area contributed by atoms with Crippen LogP contribution in [0.1, 0.15) is 17.5 Å². The maximum absolute atomic E-state index is 11.8. The van der Waals surface area contributed by atoms with E-state index in [1.165, 1.54) is 5.56 Å². The van der Waals surface area contributed by atoms with Crippen molar-refractivity contribution in [3.8, 4) is 0 Å². The number of amides is 1. The van der Waals surface area contributed by atoms with Crippen molar-refractivity contribution in [1.82, 2.24) is 5.32 Å². The molecule has 5 nitrogen and oxygen atoms in total. The molecule has 0 bridgehead atoms. The quantitative estimate of drug-likeness (QED) is 0.668. The second-order valence-electron chi connectivity index (χ2n) is 5.42. The first kappa shape index (κ1) is 18.9. The molecule has 1 amide bonds. The third kappa shape index (κ3) is 7.30. The van der Waals surface area contributed by atoms with E-state index < -0.39 is 18.1 Å². The fraction of sp³-hybridized carbons (Fsp3) is 0.263. The minimum atomic E-state index is -1.06. The number of rotatable bonds is 9. The van der Waals surface area contributed by atoms with Crippen LogP contribution >= 0.6 is 11.8 Å². The van der Waals surface area contributed by atoms with Crippen LogP contribution in [0.15, 0.2) is 60.7 Å². The third-order valence-electron chi connectivity index (χ3n) is 3.47. The molecule has 132 valence electrons. The molecule has 2 rings (SSSR count). The highest BCUT2D eigenvalue weighted by atomic mass is 32.2. The monoisotopic (exact) mass is 359 g/mol. The molecule has 0 aromatic heterocycles. The Hall–Kier alpha value is -2.47. The van der Waals surface area contributed by atoms with E-state index in [-0.39, 0.29) is 6.61 Å². The van der Waals surface area contributed by atoms with E-state index in [0.717, 1.165) is 11.3 Å². The number of benzene rings is 2. The summed E-state index contributed by atoms with van der Waals surface area (Å²) in [5.74, 6) is 0.383. The van der Waals surface area contributed by atoms with Crippen LogP contribution in [-0.2, 0) is 21.9 Å². The lowest BCUT2D eigenvalue weighted by atomic mass is 10.2. The predicted octanol–water partition coefficient (Wildman–Crippen LogP) is 3.69. The van der Waals surface area contributed by atoms with E-state index in [1.54, 1.807) is 11.8 Å². The van der Waals surface area contributed by atoms with Gasteiger partial charge in [0.25, 0.3) is 0 Å². The molecular weight excluding hydrogens is 338 g/mol. The van der Waals surface area contributed by atoms with Gasteiger partial charge in [0.2, 0.25) is 0 Å². The van der Waals surface area contributed by atoms with Gasteiger partial charge in [0.1, 0.15) is 12.6 Å². The smallest absolute Gasteiger partial charge is 0.408 e. The van der Waals surface area contributed by atoms with E-state index >= 15 is 0 Å². The van der Waals surface area contributed by atoms with Gasteiger partial charge in [-0.2, -0.15) is 11.8 Å². The van der Waals surface area contributed by atoms with Crippen LogP contribution in [0.4, 0.5) is 4.79 Å². The molecule has 0 aliphatic carbocycles. The first-order valence-corrected chi connectivity index (χ1v) is 9.12. The Labute approximate surface area is 151 Å². The Morgan fingerprint density at radius 1 is 1.00 bits per heavy atom. The Morgan fingerprint density at radius 3 is 2.20 bits per heavy atom. The van der Waals surface area contributed by atoms with Gasteiger partial charge >= 0.3 is 12.1 Å². The zero-order valence-corrected chi connectivity index (χ0v) is 14.6. The first-order valence-electron chi connectivity index (χ1n) is 7.97. The number of carboxylic acids is 1. The maximum Gasteiger partial charge on any atom is 0.408 e. The van der Waals surface area contributed by atoms with Crippen molar-refractivity contribution in [2.75, 3.05) is 5.75 Å². The van der Waals surface area contributed by atoms with Gasteiger partial charge in [-0.25, -0.2) is 9.59 Å². The molecule has 0 heterocycles. The van der Waals surface area contributed by atoms with E-state index in [4.69, 9.17) is 4.74 Å². The average Bonchev–Trinajstić information content (AvgIpc) is 2.64. The number of thioether (sulfide) groups is 1. The summed E-state index contributed by atoms with van der Waals surface area (Å²) in [7, 11) is 0. The van der Waals surface area contributed by atoms with Gasteiger partial charge in [0.15, 0.2) is 0 Å². The SMILES string of the molecule is O=C(NC(CCSCc1ccccc1)C(=O)O)OCc1ccccc1. The number of ether oxygens (including phenoxy) is 1. The molecule has 0 spiro atoms. The summed E-state index contributed by atoms with van der Waals surface area (Å²) in [6.07, 6.45) is -0.378. The van der Waals surface area contributed by atoms with E-state index in [1.807, 2.05) is 60.7 Å². The maximum atomic E-state index is 11.8. The van der Waals surface area contributed by atoms with E-state index in [9.17, 15) is 14.7 Å². The van der Waals surface area contributed by atoms with Crippen LogP contribution in [0, 0.1) is 0 Å². The minimum Gasteiger partial charge on any atom is -0.480 e. The topological polar surface area (TPSA) is 75.6 Å². The van der Waals surface area contributed by atoms with Crippen molar-refractivity contribution in [3.05, 3.63) is 71.8 Å². The molecule has 0 radical (unpaired) electrons. The number of carbonyl (C=O) groups is 2. The second kappa shape index (κ2) is 10.4. The molecule has 25 heavy (non-hydrogen) atoms. The Balaban J connectivity index is 1.70. The summed E-state index contributed by atoms with van der Waals surface area (Å²) < 4.78 is 5.06. The number of carboxylic acid groups (broad SMARTS) is 1. The van der Waals surface area contributed by atoms with Crippen LogP contribution in [0.3, 0.4) is 0 Å². The third-order valence-corrected chi connectivity index (χ3v) is 4.53. The van der Waals surface area contributed by atoms with Crippen molar-refractivity contribution in [3.63, 3.8) is 0 Å². The molecule has 0 saturated carbocycles. The van der Waals surface area contributed by atoms with Crippen LogP contribution < -0.4 is 5.32 Å². The number of alkyl carbamates (subject to hydrolysis) is 1. The van der Waals surface area contributed by atoms with Crippen molar-refractivity contribution >= 4 is 23.8 Å². The van der Waals surface area contributed by atoms with Crippen LogP contribution in [0.25, 0.3) is 0 Å². The van der Waals surface area contributed by atoms with Gasteiger partial charge in [-0.15, -0.1) is 0 Å². The number of nitrogens with one attached hydrogen (secondary N) is 1. The highest BCUT2D eigenvalue weighted by Gasteiger charge is 2.20. The van der Waals surface area contributed by atoms with Crippen molar-refractivity contribution in [1.29, 1.82) is 0 Å². The molecule has 2 aromatic rings. The van der Waals surface area contributed by atoms with E-state index in [2.05, 4.69) is 5.32 Å². The van der Waals surface area contributed by atoms with Gasteiger partial charge in [0.05, 0.1) is 0 Å². The first-order chi connectivity index (χ1) is 12.1. The molecule has 1 atom stereocenters. The van der Waals surface area contributed by atoms with Gasteiger partial charge in [-0.3, -0.25) is 0 Å². The number of aliphatic carboxylic acids is 1. The summed E-state index contributed by atoms with van der Waals surface area (Å²) in [4.78, 5) is 23.1. The van der Waals surface area contributed by atoms with Gasteiger partial charge in [0, 0.05) is 5.75 Å². The largest absolute Gasteiger partial charge is 0.480 e. The fourth-order valence-corrected chi connectivity index (χ4v) is 3.10. The summed E-state index contributed by atoms with van der Waals surface area (Å²) in [6, 6.07) is 18.2. The Morgan fingerprint density at radius 2 is 1.60 bits per heavy atom. The lowest BCUT2D eigenvalue weighted by molar-refractivity contribution is -0.139. The van der Waals surface area contributed by atoms with Gasteiger partial charge < -0.3 is 15.2 Å². The molecule has 0 fully saturated rings. The molecule has 0 aliphatic rings. The minimum absolute atomic E-state index is 0.113. The molecule has 1 unspecified atom stereocenters. The normalized spacial score (nSPS) is 11.5. The van der Waals surface area contributed by atoms with E-state index in [0.29, 0.717) is 12.2 Å². The number of carbonyl (C=O) groups excluding carboxylic acids is 1. The standard InChI is InChI=1S/C19H21NO4S/c21-18(22)17(11-12-25-14-16-9-5-2-6-10-16)20-19(23)24-13-15-7-3-1-4-8-15/h1-10,17H,11-14H2,(H,20,23)(H,21,22). The van der Waals surface area contributed by atoms with Crippen LogP contribution in [0.2, 0.25) is 0 Å². The zero-order chi connectivity index (χ0) is 17.9. The lowest BCUT2D eigenvalue weighted by Gasteiger charge is -2.14. The average molecular weight is 359 g/mol. The zero-order valence-electron chi connectivity index (χ0n) is 13.8. The molecule has 6 heteroatoms. The highest BCUT2D eigenvalue weighted by Crippen LogP contribution is 2.13. The Bertz CT molecular complexity index is 664. The predicted molar refractivity (Wildman–Crippen MR) is 98.4 cm³/mol. The van der Waals surface area contributed by atoms with Gasteiger partial charge in [-0.05, 0) is 23.3 Å². The summed E-state index contributed by atoms with van der Waals surface area (Å²) in [5.41, 5.74) is 2.04. The molecule has 0 saturated heterocycles. The lowest BCUT2D eigenvalue weighted by Crippen LogP contribution is -2.41. The molecular formula is C19H21NO4S. The summed E-state index contributed by atoms with van der Waals surface area (Å²) in [5, 5.41) is 11.7. The summed E-state index contributed by atoms with van der Waals surface area (Å²) >= 11 is 1.63. The Kier molecular flexibility index (Phi) is 7.85. The van der Waals surface area contributed by atoms with Crippen molar-refractivity contribution in [2.45, 2.75) is 24.8 Å². The van der Waals surface area contributed by atoms with Crippen molar-refractivity contribution in [2.24, 2.45) is 0 Å². The van der Waals surface area contributed by atoms with Crippen LogP contribution in [-0.4, -0.2) is 29.0 Å². The van der Waals surface area contributed by atoms with Crippen molar-refractivity contribution < 1.29 is 19.4 Å². The molecule has 0 aliphatic heterocycles. The number of hydrogen-bond donors (Lipinski definition) is 2. The number of hydrogen-bond acceptors (Lipinski definition) is 4. The molecule has 2 N–H and O–H groups in total. The van der Waals surface area contributed by atoms with Gasteiger partial charge in [-0.1, -0.05) is 60.7 Å². The summed E-state index contributed by atoms with van der Waals surface area (Å²) in [6.45, 7) is 0.113. The second-order valence-corrected chi connectivity index (χ2v) is 6.53. The molecule has 2 aromatic carbocycles. The highest BCUT2D eigenvalue weighted by molar-refractivity contribution is 7.98.